The molecular formula is C24H34O4. The first-order valence-electron chi connectivity index (χ1n) is 11.0. The van der Waals surface area contributed by atoms with Crippen LogP contribution in [-0.4, -0.2) is 28.6 Å². The molecule has 4 rings (SSSR count). The van der Waals surface area contributed by atoms with Gasteiger partial charge in [0.1, 0.15) is 17.5 Å². The second-order valence-corrected chi connectivity index (χ2v) is 10.5. The molecule has 4 aliphatic rings. The van der Waals surface area contributed by atoms with Gasteiger partial charge in [-0.2, -0.15) is 0 Å². The van der Waals surface area contributed by atoms with E-state index in [0.29, 0.717) is 36.4 Å². The number of carbonyl (C=O) groups is 2. The van der Waals surface area contributed by atoms with E-state index in [2.05, 4.69) is 19.8 Å². The number of fused-ring (bicyclic) bond motifs is 5. The summed E-state index contributed by atoms with van der Waals surface area (Å²) in [7, 11) is 0. The normalized spacial score (nSPS) is 50.5. The van der Waals surface area contributed by atoms with Crippen LogP contribution in [0.4, 0.5) is 0 Å². The molecule has 0 bridgehead atoms. The number of rotatable bonds is 1. The van der Waals surface area contributed by atoms with Crippen molar-refractivity contribution in [1.29, 1.82) is 0 Å². The number of hydrogen-bond donors (Lipinski definition) is 1. The van der Waals surface area contributed by atoms with Crippen LogP contribution in [0.3, 0.4) is 0 Å². The summed E-state index contributed by atoms with van der Waals surface area (Å²) in [5.74, 6) is 3.89. The Morgan fingerprint density at radius 3 is 2.64 bits per heavy atom. The minimum absolute atomic E-state index is 0.00250. The van der Waals surface area contributed by atoms with Crippen LogP contribution in [-0.2, 0) is 14.3 Å². The number of ether oxygens (including phenoxy) is 1. The van der Waals surface area contributed by atoms with Crippen LogP contribution in [0.1, 0.15) is 78.6 Å². The Kier molecular flexibility index (Phi) is 4.70. The Morgan fingerprint density at radius 2 is 1.96 bits per heavy atom. The second-order valence-electron chi connectivity index (χ2n) is 10.5. The third-order valence-corrected chi connectivity index (χ3v) is 9.27. The molecule has 0 aliphatic heterocycles. The molecule has 154 valence electrons. The lowest BCUT2D eigenvalue weighted by atomic mass is 9.40. The molecule has 4 nitrogen and oxygen atoms in total. The fourth-order valence-electron chi connectivity index (χ4n) is 7.83. The third-order valence-electron chi connectivity index (χ3n) is 9.27. The van der Waals surface area contributed by atoms with E-state index >= 15 is 0 Å². The lowest BCUT2D eigenvalue weighted by molar-refractivity contribution is -0.193. The summed E-state index contributed by atoms with van der Waals surface area (Å²) in [5.41, 5.74) is -1.69. The van der Waals surface area contributed by atoms with E-state index in [1.807, 2.05) is 0 Å². The average molecular weight is 387 g/mol. The van der Waals surface area contributed by atoms with Crippen LogP contribution < -0.4 is 0 Å². The predicted octanol–water partition coefficient (Wildman–Crippen LogP) is 3.89. The zero-order chi connectivity index (χ0) is 20.3. The number of hydrogen-bond acceptors (Lipinski definition) is 4. The first-order valence-corrected chi connectivity index (χ1v) is 11.0. The number of terminal acetylenes is 1. The van der Waals surface area contributed by atoms with Crippen molar-refractivity contribution in [3.63, 3.8) is 0 Å². The zero-order valence-electron chi connectivity index (χ0n) is 17.5. The van der Waals surface area contributed by atoms with Crippen LogP contribution >= 0.6 is 0 Å². The van der Waals surface area contributed by atoms with Crippen LogP contribution in [0.15, 0.2) is 0 Å². The van der Waals surface area contributed by atoms with Gasteiger partial charge in [0.05, 0.1) is 0 Å². The van der Waals surface area contributed by atoms with Gasteiger partial charge in [0.15, 0.2) is 0 Å². The number of aliphatic hydroxyl groups is 1. The molecule has 0 heterocycles. The molecular weight excluding hydrogens is 352 g/mol. The Morgan fingerprint density at radius 1 is 1.21 bits per heavy atom. The maximum atomic E-state index is 13.5. The van der Waals surface area contributed by atoms with Gasteiger partial charge in [-0.05, 0) is 74.5 Å². The fraction of sp³-hybridized carbons (Fsp3) is 0.833. The van der Waals surface area contributed by atoms with Gasteiger partial charge in [-0.1, -0.05) is 19.8 Å². The molecule has 1 N–H and O–H groups in total. The lowest BCUT2D eigenvalue weighted by Crippen LogP contribution is -2.64. The molecule has 4 saturated carbocycles. The summed E-state index contributed by atoms with van der Waals surface area (Å²) in [4.78, 5) is 24.9. The van der Waals surface area contributed by atoms with Crippen molar-refractivity contribution in [2.75, 3.05) is 0 Å². The Labute approximate surface area is 168 Å². The number of Topliss-reactive ketones (excluding diaryl/α,β-unsaturated/α-hetero) is 1. The second kappa shape index (κ2) is 6.59. The summed E-state index contributed by atoms with van der Waals surface area (Å²) in [6.45, 7) is 5.85. The highest BCUT2D eigenvalue weighted by Crippen LogP contribution is 2.66. The fourth-order valence-corrected chi connectivity index (χ4v) is 7.83. The van der Waals surface area contributed by atoms with Crippen molar-refractivity contribution in [3.8, 4) is 12.3 Å². The van der Waals surface area contributed by atoms with E-state index in [9.17, 15) is 14.7 Å². The van der Waals surface area contributed by atoms with Gasteiger partial charge >= 0.3 is 5.97 Å². The standard InChI is InChI=1S/C24H34O4/c1-5-24(27)11-6-7-19-18-9-8-16-13-17(28-15(2)25)10-12-22(16,3)21(18)20(26)14-23(19,24)4/h1,16-19,21,27H,6-14H2,2-4H3/t16-,17-,18+,19+,21-,22+,23+,24+/m1/s1. The minimum atomic E-state index is -1.17. The van der Waals surface area contributed by atoms with Crippen molar-refractivity contribution in [2.45, 2.75) is 90.3 Å². The summed E-state index contributed by atoms with van der Waals surface area (Å²) in [5, 5.41) is 11.2. The Balaban J connectivity index is 1.63. The largest absolute Gasteiger partial charge is 0.463 e. The van der Waals surface area contributed by atoms with E-state index in [0.717, 1.165) is 44.9 Å². The van der Waals surface area contributed by atoms with E-state index in [-0.39, 0.29) is 23.4 Å². The summed E-state index contributed by atoms with van der Waals surface area (Å²) in [6.07, 6.45) is 13.5. The van der Waals surface area contributed by atoms with Crippen LogP contribution in [0.2, 0.25) is 0 Å². The third kappa shape index (κ3) is 2.69. The predicted molar refractivity (Wildman–Crippen MR) is 106 cm³/mol. The highest BCUT2D eigenvalue weighted by Gasteiger charge is 2.65. The molecule has 0 amide bonds. The maximum absolute atomic E-state index is 13.5. The van der Waals surface area contributed by atoms with Gasteiger partial charge in [0.25, 0.3) is 0 Å². The van der Waals surface area contributed by atoms with Crippen LogP contribution in [0.25, 0.3) is 0 Å². The highest BCUT2D eigenvalue weighted by molar-refractivity contribution is 5.84. The monoisotopic (exact) mass is 386 g/mol. The van der Waals surface area contributed by atoms with Crippen molar-refractivity contribution in [2.24, 2.45) is 34.5 Å². The molecule has 4 aliphatic carbocycles. The van der Waals surface area contributed by atoms with E-state index in [4.69, 9.17) is 11.2 Å². The first-order chi connectivity index (χ1) is 13.1. The topological polar surface area (TPSA) is 63.6 Å². The van der Waals surface area contributed by atoms with Gasteiger partial charge in [-0.25, -0.2) is 0 Å². The van der Waals surface area contributed by atoms with Gasteiger partial charge in [0.2, 0.25) is 0 Å². The highest BCUT2D eigenvalue weighted by atomic mass is 16.5. The lowest BCUT2D eigenvalue weighted by Gasteiger charge is -2.63. The maximum Gasteiger partial charge on any atom is 0.302 e. The van der Waals surface area contributed by atoms with E-state index < -0.39 is 11.0 Å². The van der Waals surface area contributed by atoms with Crippen molar-refractivity contribution >= 4 is 11.8 Å². The SMILES string of the molecule is C#C[C@]1(O)CCC[C@H]2[C@@H]3CC[C@@H]4C[C@H](OC(C)=O)CC[C@]4(C)[C@H]3C(=O)C[C@@]21C. The van der Waals surface area contributed by atoms with Crippen LogP contribution in [0, 0.1) is 46.8 Å². The zero-order valence-corrected chi connectivity index (χ0v) is 17.5. The number of esters is 1. The summed E-state index contributed by atoms with van der Waals surface area (Å²) in [6, 6.07) is 0. The molecule has 8 atom stereocenters. The molecule has 0 aromatic rings. The molecule has 28 heavy (non-hydrogen) atoms. The molecule has 4 fully saturated rings. The van der Waals surface area contributed by atoms with E-state index in [1.165, 1.54) is 6.92 Å². The van der Waals surface area contributed by atoms with Crippen LogP contribution in [0.5, 0.6) is 0 Å². The summed E-state index contributed by atoms with van der Waals surface area (Å²) >= 11 is 0. The molecule has 0 saturated heterocycles. The minimum Gasteiger partial charge on any atom is -0.463 e. The molecule has 0 spiro atoms. The van der Waals surface area contributed by atoms with E-state index in [1.54, 1.807) is 0 Å². The number of carbonyl (C=O) groups excluding carboxylic acids is 2. The average Bonchev–Trinajstić information content (AvgIpc) is 2.62. The van der Waals surface area contributed by atoms with Gasteiger partial charge in [-0.15, -0.1) is 6.42 Å². The molecule has 0 unspecified atom stereocenters. The van der Waals surface area contributed by atoms with Crippen molar-refractivity contribution in [1.82, 2.24) is 0 Å². The summed E-state index contributed by atoms with van der Waals surface area (Å²) < 4.78 is 5.51. The van der Waals surface area contributed by atoms with Gasteiger partial charge < -0.3 is 9.84 Å². The molecule has 0 aromatic carbocycles. The first kappa shape index (κ1) is 20.0. The smallest absolute Gasteiger partial charge is 0.302 e. The number of ketones is 1. The Hall–Kier alpha value is -1.34. The molecule has 4 heteroatoms. The van der Waals surface area contributed by atoms with Gasteiger partial charge in [0, 0.05) is 24.7 Å². The molecule has 0 aromatic heterocycles. The van der Waals surface area contributed by atoms with Gasteiger partial charge in [-0.3, -0.25) is 9.59 Å². The quantitative estimate of drug-likeness (QED) is 0.548. The molecule has 0 radical (unpaired) electrons. The van der Waals surface area contributed by atoms with Crippen molar-refractivity contribution in [3.05, 3.63) is 0 Å². The Bertz CT molecular complexity index is 723. The van der Waals surface area contributed by atoms with Crippen molar-refractivity contribution < 1.29 is 19.4 Å².